The van der Waals surface area contributed by atoms with Crippen molar-refractivity contribution in [2.24, 2.45) is 0 Å². The van der Waals surface area contributed by atoms with Crippen LogP contribution in [0.2, 0.25) is 0 Å². The summed E-state index contributed by atoms with van der Waals surface area (Å²) >= 11 is 0. The first-order valence-electron chi connectivity index (χ1n) is 8.27. The highest BCUT2D eigenvalue weighted by Crippen LogP contribution is 2.17. The number of nitrogens with zero attached hydrogens (tertiary/aromatic N) is 1. The maximum atomic E-state index is 12.9. The third-order valence-electron chi connectivity index (χ3n) is 3.97. The molecule has 0 aromatic heterocycles. The fourth-order valence-electron chi connectivity index (χ4n) is 2.45. The van der Waals surface area contributed by atoms with Gasteiger partial charge in [-0.25, -0.2) is 4.39 Å². The van der Waals surface area contributed by atoms with Crippen LogP contribution in [0.1, 0.15) is 30.9 Å². The zero-order valence-corrected chi connectivity index (χ0v) is 14.6. The molecular weight excluding hydrogens is 303 g/mol. The van der Waals surface area contributed by atoms with E-state index in [-0.39, 0.29) is 11.7 Å². The molecule has 24 heavy (non-hydrogen) atoms. The molecule has 2 aromatic rings. The van der Waals surface area contributed by atoms with E-state index in [1.54, 1.807) is 12.1 Å². The number of nitrogens with one attached hydrogen (secondary N) is 1. The zero-order chi connectivity index (χ0) is 17.5. The molecule has 0 aliphatic rings. The predicted molar refractivity (Wildman–Crippen MR) is 96.8 cm³/mol. The van der Waals surface area contributed by atoms with Crippen LogP contribution in [0.4, 0.5) is 10.1 Å². The molecule has 3 nitrogen and oxygen atoms in total. The van der Waals surface area contributed by atoms with Crippen molar-refractivity contribution in [3.8, 4) is 0 Å². The van der Waals surface area contributed by atoms with E-state index in [1.807, 2.05) is 36.2 Å². The summed E-state index contributed by atoms with van der Waals surface area (Å²) in [5.74, 6) is 0.219. The maximum absolute atomic E-state index is 12.9. The molecule has 0 aliphatic heterocycles. The first-order valence-corrected chi connectivity index (χ1v) is 8.27. The number of carbonyl (C=O) groups excluding carboxylic acids is 1. The lowest BCUT2D eigenvalue weighted by Crippen LogP contribution is -2.31. The van der Waals surface area contributed by atoms with Gasteiger partial charge in [-0.1, -0.05) is 38.1 Å². The molecule has 0 aliphatic carbocycles. The van der Waals surface area contributed by atoms with Crippen molar-refractivity contribution in [3.63, 3.8) is 0 Å². The molecule has 0 saturated heterocycles. The second kappa shape index (κ2) is 8.60. The Labute approximate surface area is 143 Å². The number of rotatable bonds is 7. The molecular formula is C20H25FN2O. The van der Waals surface area contributed by atoms with E-state index in [9.17, 15) is 9.18 Å². The van der Waals surface area contributed by atoms with Crippen LogP contribution in [-0.2, 0) is 11.2 Å². The summed E-state index contributed by atoms with van der Waals surface area (Å²) in [5, 5.41) is 2.91. The summed E-state index contributed by atoms with van der Waals surface area (Å²) in [7, 11) is 1.91. The van der Waals surface area contributed by atoms with E-state index in [0.717, 1.165) is 24.2 Å². The van der Waals surface area contributed by atoms with Crippen molar-refractivity contribution >= 4 is 11.6 Å². The molecule has 0 saturated carbocycles. The molecule has 128 valence electrons. The Balaban J connectivity index is 1.77. The van der Waals surface area contributed by atoms with Gasteiger partial charge in [-0.3, -0.25) is 9.69 Å². The van der Waals surface area contributed by atoms with Gasteiger partial charge in [-0.2, -0.15) is 0 Å². The standard InChI is InChI=1S/C20H25FN2O/c1-15(2)17-6-10-19(11-7-17)22-20(24)14-23(3)13-12-16-4-8-18(21)9-5-16/h4-11,15H,12-14H2,1-3H3,(H,22,24). The molecule has 0 heterocycles. The van der Waals surface area contributed by atoms with Gasteiger partial charge < -0.3 is 5.32 Å². The highest BCUT2D eigenvalue weighted by Gasteiger charge is 2.08. The third-order valence-corrected chi connectivity index (χ3v) is 3.97. The van der Waals surface area contributed by atoms with Crippen LogP contribution in [0.3, 0.4) is 0 Å². The van der Waals surface area contributed by atoms with Gasteiger partial charge in [0.25, 0.3) is 0 Å². The number of carbonyl (C=O) groups is 1. The van der Waals surface area contributed by atoms with Crippen LogP contribution in [-0.4, -0.2) is 30.9 Å². The fourth-order valence-corrected chi connectivity index (χ4v) is 2.45. The van der Waals surface area contributed by atoms with E-state index in [0.29, 0.717) is 12.5 Å². The minimum Gasteiger partial charge on any atom is -0.325 e. The smallest absolute Gasteiger partial charge is 0.238 e. The first kappa shape index (κ1) is 18.1. The summed E-state index contributed by atoms with van der Waals surface area (Å²) in [6.07, 6.45) is 0.785. The number of likely N-dealkylation sites (N-methyl/N-ethyl adjacent to an activating group) is 1. The van der Waals surface area contributed by atoms with Gasteiger partial charge in [0.15, 0.2) is 0 Å². The number of benzene rings is 2. The third kappa shape index (κ3) is 5.78. The minimum atomic E-state index is -0.227. The number of hydrogen-bond donors (Lipinski definition) is 1. The van der Waals surface area contributed by atoms with Crippen molar-refractivity contribution in [2.75, 3.05) is 25.5 Å². The van der Waals surface area contributed by atoms with Gasteiger partial charge in [0.2, 0.25) is 5.91 Å². The van der Waals surface area contributed by atoms with Gasteiger partial charge in [0.05, 0.1) is 6.54 Å². The Morgan fingerprint density at radius 2 is 1.71 bits per heavy atom. The van der Waals surface area contributed by atoms with Crippen LogP contribution in [0.15, 0.2) is 48.5 Å². The summed E-state index contributed by atoms with van der Waals surface area (Å²) in [5.41, 5.74) is 3.13. The molecule has 1 N–H and O–H groups in total. The Morgan fingerprint density at radius 3 is 2.29 bits per heavy atom. The van der Waals surface area contributed by atoms with Crippen molar-refractivity contribution in [1.29, 1.82) is 0 Å². The van der Waals surface area contributed by atoms with E-state index < -0.39 is 0 Å². The molecule has 4 heteroatoms. The monoisotopic (exact) mass is 328 g/mol. The van der Waals surface area contributed by atoms with Crippen LogP contribution in [0.25, 0.3) is 0 Å². The van der Waals surface area contributed by atoms with Gasteiger partial charge in [0.1, 0.15) is 5.82 Å². The van der Waals surface area contributed by atoms with Gasteiger partial charge in [0, 0.05) is 12.2 Å². The second-order valence-corrected chi connectivity index (χ2v) is 6.44. The second-order valence-electron chi connectivity index (χ2n) is 6.44. The summed E-state index contributed by atoms with van der Waals surface area (Å²) in [6.45, 7) is 5.35. The van der Waals surface area contributed by atoms with Crippen molar-refractivity contribution in [1.82, 2.24) is 4.90 Å². The molecule has 0 unspecified atom stereocenters. The highest BCUT2D eigenvalue weighted by atomic mass is 19.1. The number of anilines is 1. The molecule has 0 fully saturated rings. The number of hydrogen-bond acceptors (Lipinski definition) is 2. The molecule has 0 radical (unpaired) electrons. The average Bonchev–Trinajstić information content (AvgIpc) is 2.54. The summed E-state index contributed by atoms with van der Waals surface area (Å²) < 4.78 is 12.9. The van der Waals surface area contributed by atoms with Crippen LogP contribution < -0.4 is 5.32 Å². The van der Waals surface area contributed by atoms with Crippen molar-refractivity contribution < 1.29 is 9.18 Å². The molecule has 0 atom stereocenters. The van der Waals surface area contributed by atoms with Crippen LogP contribution in [0.5, 0.6) is 0 Å². The Kier molecular flexibility index (Phi) is 6.50. The zero-order valence-electron chi connectivity index (χ0n) is 14.6. The van der Waals surface area contributed by atoms with E-state index >= 15 is 0 Å². The summed E-state index contributed by atoms with van der Waals surface area (Å²) in [4.78, 5) is 14.1. The van der Waals surface area contributed by atoms with E-state index in [1.165, 1.54) is 17.7 Å². The van der Waals surface area contributed by atoms with Gasteiger partial charge >= 0.3 is 0 Å². The Hall–Kier alpha value is -2.20. The SMILES string of the molecule is CC(C)c1ccc(NC(=O)CN(C)CCc2ccc(F)cc2)cc1. The first-order chi connectivity index (χ1) is 11.4. The largest absolute Gasteiger partial charge is 0.325 e. The quantitative estimate of drug-likeness (QED) is 0.831. The van der Waals surface area contributed by atoms with Gasteiger partial charge in [-0.15, -0.1) is 0 Å². The predicted octanol–water partition coefficient (Wildman–Crippen LogP) is 4.06. The van der Waals surface area contributed by atoms with Crippen LogP contribution >= 0.6 is 0 Å². The topological polar surface area (TPSA) is 32.3 Å². The molecule has 0 bridgehead atoms. The van der Waals surface area contributed by atoms with Crippen molar-refractivity contribution in [2.45, 2.75) is 26.2 Å². The van der Waals surface area contributed by atoms with E-state index in [4.69, 9.17) is 0 Å². The van der Waals surface area contributed by atoms with Gasteiger partial charge in [-0.05, 0) is 54.8 Å². The molecule has 2 aromatic carbocycles. The lowest BCUT2D eigenvalue weighted by Gasteiger charge is -2.16. The number of halogens is 1. The Morgan fingerprint density at radius 1 is 1.08 bits per heavy atom. The maximum Gasteiger partial charge on any atom is 0.238 e. The molecule has 0 spiro atoms. The van der Waals surface area contributed by atoms with E-state index in [2.05, 4.69) is 19.2 Å². The number of amides is 1. The normalized spacial score (nSPS) is 11.1. The van der Waals surface area contributed by atoms with Crippen molar-refractivity contribution in [3.05, 3.63) is 65.5 Å². The Bertz CT molecular complexity index is 650. The lowest BCUT2D eigenvalue weighted by molar-refractivity contribution is -0.117. The summed E-state index contributed by atoms with van der Waals surface area (Å²) in [6, 6.07) is 14.4. The highest BCUT2D eigenvalue weighted by molar-refractivity contribution is 5.92. The lowest BCUT2D eigenvalue weighted by atomic mass is 10.0. The van der Waals surface area contributed by atoms with Crippen LogP contribution in [0, 0.1) is 5.82 Å². The fraction of sp³-hybridized carbons (Fsp3) is 0.350. The molecule has 1 amide bonds. The minimum absolute atomic E-state index is 0.0334. The molecule has 2 rings (SSSR count). The average molecular weight is 328 g/mol.